The number of anilines is 1. The molecule has 1 saturated heterocycles. The minimum absolute atomic E-state index is 0.00103. The maximum absolute atomic E-state index is 16.6. The first-order chi connectivity index (χ1) is 19.2. The minimum Gasteiger partial charge on any atom is -0.508 e. The molecule has 0 bridgehead atoms. The summed E-state index contributed by atoms with van der Waals surface area (Å²) in [4.78, 5) is 27.0. The van der Waals surface area contributed by atoms with Crippen molar-refractivity contribution >= 4 is 45.0 Å². The number of carbonyl (C=O) groups is 1. The molecule has 2 heterocycles. The standard InChI is InChI=1S/C30H31ClFN5O3/c1-5-25(39)36-10-12-37(13-11-36)29-23-16-24(31)26(22-15-20(38)14-19-8-6-7-9-21(19)22)27(32)28(23)33-30(34-29)40-18(2)17-35(3)4/h5-9,14-16,18,38H,1,10-13,17H2,2-4H3. The molecule has 0 radical (unpaired) electrons. The highest BCUT2D eigenvalue weighted by Gasteiger charge is 2.27. The molecule has 1 aromatic heterocycles. The lowest BCUT2D eigenvalue weighted by atomic mass is 9.96. The van der Waals surface area contributed by atoms with Gasteiger partial charge in [-0.15, -0.1) is 0 Å². The van der Waals surface area contributed by atoms with Gasteiger partial charge in [0.25, 0.3) is 0 Å². The van der Waals surface area contributed by atoms with E-state index in [2.05, 4.69) is 11.6 Å². The quantitative estimate of drug-likeness (QED) is 0.313. The van der Waals surface area contributed by atoms with Crippen molar-refractivity contribution in [3.63, 3.8) is 0 Å². The first kappa shape index (κ1) is 27.6. The van der Waals surface area contributed by atoms with Crippen molar-refractivity contribution < 1.29 is 19.0 Å². The Hall–Kier alpha value is -3.95. The zero-order valence-corrected chi connectivity index (χ0v) is 23.5. The van der Waals surface area contributed by atoms with Gasteiger partial charge in [0, 0.05) is 43.7 Å². The Bertz CT molecular complexity index is 1600. The van der Waals surface area contributed by atoms with E-state index in [0.717, 1.165) is 10.8 Å². The number of aromatic nitrogens is 2. The van der Waals surface area contributed by atoms with Crippen LogP contribution in [0.5, 0.6) is 11.8 Å². The number of hydrogen-bond donors (Lipinski definition) is 1. The number of aromatic hydroxyl groups is 1. The van der Waals surface area contributed by atoms with Crippen LogP contribution >= 0.6 is 11.6 Å². The molecule has 1 aliphatic heterocycles. The zero-order chi connectivity index (χ0) is 28.6. The molecule has 0 aliphatic carbocycles. The van der Waals surface area contributed by atoms with Gasteiger partial charge in [0.05, 0.1) is 5.02 Å². The summed E-state index contributed by atoms with van der Waals surface area (Å²) in [7, 11) is 3.87. The van der Waals surface area contributed by atoms with Crippen molar-refractivity contribution in [2.45, 2.75) is 13.0 Å². The molecule has 208 valence electrons. The topological polar surface area (TPSA) is 82.0 Å². The summed E-state index contributed by atoms with van der Waals surface area (Å²) in [5, 5.41) is 12.5. The lowest BCUT2D eigenvalue weighted by Gasteiger charge is -2.35. The average Bonchev–Trinajstić information content (AvgIpc) is 2.92. The van der Waals surface area contributed by atoms with Crippen LogP contribution in [0.15, 0.2) is 55.1 Å². The summed E-state index contributed by atoms with van der Waals surface area (Å²) < 4.78 is 22.6. The van der Waals surface area contributed by atoms with Crippen molar-refractivity contribution in [3.8, 4) is 22.9 Å². The Morgan fingerprint density at radius 3 is 2.60 bits per heavy atom. The smallest absolute Gasteiger partial charge is 0.319 e. The Kier molecular flexibility index (Phi) is 7.78. The van der Waals surface area contributed by atoms with Crippen LogP contribution in [-0.4, -0.2) is 83.7 Å². The van der Waals surface area contributed by atoms with E-state index in [4.69, 9.17) is 21.3 Å². The highest BCUT2D eigenvalue weighted by atomic mass is 35.5. The molecule has 1 amide bonds. The number of nitrogens with zero attached hydrogens (tertiary/aromatic N) is 5. The third kappa shape index (κ3) is 5.39. The summed E-state index contributed by atoms with van der Waals surface area (Å²) in [5.74, 6) is -0.282. The molecule has 40 heavy (non-hydrogen) atoms. The molecule has 1 aliphatic rings. The highest BCUT2D eigenvalue weighted by molar-refractivity contribution is 6.35. The molecule has 1 unspecified atom stereocenters. The number of phenolic OH excluding ortho intramolecular Hbond substituents is 1. The predicted octanol–water partition coefficient (Wildman–Crippen LogP) is 5.11. The largest absolute Gasteiger partial charge is 0.508 e. The Labute approximate surface area is 237 Å². The molecule has 8 nitrogen and oxygen atoms in total. The zero-order valence-electron chi connectivity index (χ0n) is 22.7. The van der Waals surface area contributed by atoms with E-state index in [0.29, 0.717) is 49.5 Å². The second-order valence-electron chi connectivity index (χ2n) is 10.2. The van der Waals surface area contributed by atoms with E-state index < -0.39 is 5.82 Å². The van der Waals surface area contributed by atoms with E-state index in [-0.39, 0.29) is 39.9 Å². The number of piperazine rings is 1. The van der Waals surface area contributed by atoms with Gasteiger partial charge in [-0.05, 0) is 61.6 Å². The van der Waals surface area contributed by atoms with Crippen LogP contribution in [0.2, 0.25) is 5.02 Å². The number of likely N-dealkylation sites (N-methyl/N-ethyl adjacent to an activating group) is 1. The molecule has 0 saturated carbocycles. The van der Waals surface area contributed by atoms with Crippen LogP contribution in [0.25, 0.3) is 32.8 Å². The molecule has 10 heteroatoms. The molecular weight excluding hydrogens is 533 g/mol. The number of rotatable bonds is 7. The molecular formula is C30H31ClFN5O3. The van der Waals surface area contributed by atoms with Crippen molar-refractivity contribution in [2.24, 2.45) is 0 Å². The Morgan fingerprint density at radius 1 is 1.18 bits per heavy atom. The van der Waals surface area contributed by atoms with Crippen molar-refractivity contribution in [2.75, 3.05) is 51.7 Å². The van der Waals surface area contributed by atoms with Gasteiger partial charge in [0.1, 0.15) is 23.2 Å². The SMILES string of the molecule is C=CC(=O)N1CCN(c2nc(OC(C)CN(C)C)nc3c(F)c(-c4cc(O)cc5ccccc45)c(Cl)cc23)CC1. The molecule has 1 atom stereocenters. The minimum atomic E-state index is -0.632. The number of ether oxygens (including phenoxy) is 1. The fourth-order valence-corrected chi connectivity index (χ4v) is 5.50. The van der Waals surface area contributed by atoms with Crippen LogP contribution in [0.1, 0.15) is 6.92 Å². The average molecular weight is 564 g/mol. The molecule has 1 N–H and O–H groups in total. The Balaban J connectivity index is 1.67. The number of hydrogen-bond acceptors (Lipinski definition) is 7. The second-order valence-corrected chi connectivity index (χ2v) is 10.6. The first-order valence-corrected chi connectivity index (χ1v) is 13.4. The van der Waals surface area contributed by atoms with Crippen LogP contribution in [-0.2, 0) is 4.79 Å². The van der Waals surface area contributed by atoms with Crippen LogP contribution < -0.4 is 9.64 Å². The Morgan fingerprint density at radius 2 is 1.90 bits per heavy atom. The normalized spacial score (nSPS) is 14.7. The maximum Gasteiger partial charge on any atom is 0.319 e. The van der Waals surface area contributed by atoms with Gasteiger partial charge in [0.15, 0.2) is 5.82 Å². The summed E-state index contributed by atoms with van der Waals surface area (Å²) in [5.41, 5.74) is 0.660. The summed E-state index contributed by atoms with van der Waals surface area (Å²) in [6.45, 7) is 7.98. The number of fused-ring (bicyclic) bond motifs is 2. The van der Waals surface area contributed by atoms with E-state index in [1.54, 1.807) is 17.0 Å². The number of phenols is 1. The molecule has 4 aromatic rings. The predicted molar refractivity (Wildman–Crippen MR) is 157 cm³/mol. The highest BCUT2D eigenvalue weighted by Crippen LogP contribution is 2.42. The van der Waals surface area contributed by atoms with Gasteiger partial charge in [-0.1, -0.05) is 42.4 Å². The van der Waals surface area contributed by atoms with Crippen LogP contribution in [0.3, 0.4) is 0 Å². The van der Waals surface area contributed by atoms with E-state index in [1.165, 1.54) is 12.1 Å². The van der Waals surface area contributed by atoms with Crippen LogP contribution in [0, 0.1) is 5.82 Å². The summed E-state index contributed by atoms with van der Waals surface area (Å²) in [6, 6.07) is 12.3. The molecule has 5 rings (SSSR count). The van der Waals surface area contributed by atoms with Gasteiger partial charge in [-0.2, -0.15) is 9.97 Å². The third-order valence-corrected chi connectivity index (χ3v) is 7.25. The van der Waals surface area contributed by atoms with E-state index >= 15 is 4.39 Å². The van der Waals surface area contributed by atoms with Crippen molar-refractivity contribution in [1.29, 1.82) is 0 Å². The van der Waals surface area contributed by atoms with E-state index in [1.807, 2.05) is 55.1 Å². The van der Waals surface area contributed by atoms with Crippen molar-refractivity contribution in [3.05, 3.63) is 66.0 Å². The monoisotopic (exact) mass is 563 g/mol. The third-order valence-electron chi connectivity index (χ3n) is 6.95. The lowest BCUT2D eigenvalue weighted by Crippen LogP contribution is -2.48. The summed E-state index contributed by atoms with van der Waals surface area (Å²) in [6.07, 6.45) is 1.04. The molecule has 0 spiro atoms. The van der Waals surface area contributed by atoms with Crippen LogP contribution in [0.4, 0.5) is 10.2 Å². The van der Waals surface area contributed by atoms with Crippen molar-refractivity contribution in [1.82, 2.24) is 19.8 Å². The summed E-state index contributed by atoms with van der Waals surface area (Å²) >= 11 is 6.78. The fourth-order valence-electron chi connectivity index (χ4n) is 5.20. The molecule has 1 fully saturated rings. The second kappa shape index (κ2) is 11.3. The van der Waals surface area contributed by atoms with E-state index in [9.17, 15) is 9.90 Å². The fraction of sp³-hybridized carbons (Fsp3) is 0.300. The lowest BCUT2D eigenvalue weighted by molar-refractivity contribution is -0.126. The van der Waals surface area contributed by atoms with Gasteiger partial charge in [-0.25, -0.2) is 4.39 Å². The number of benzene rings is 3. The number of amides is 1. The maximum atomic E-state index is 16.6. The van der Waals surface area contributed by atoms with Gasteiger partial charge >= 0.3 is 6.01 Å². The number of carbonyl (C=O) groups excluding carboxylic acids is 1. The number of halogens is 2. The molecule has 3 aromatic carbocycles. The first-order valence-electron chi connectivity index (χ1n) is 13.1. The van der Waals surface area contributed by atoms with Gasteiger partial charge < -0.3 is 24.5 Å². The van der Waals surface area contributed by atoms with Gasteiger partial charge in [-0.3, -0.25) is 4.79 Å². The van der Waals surface area contributed by atoms with Gasteiger partial charge in [0.2, 0.25) is 5.91 Å².